The summed E-state index contributed by atoms with van der Waals surface area (Å²) in [5.74, 6) is -0.481. The molecule has 0 aliphatic carbocycles. The maximum Gasteiger partial charge on any atom is 0.287 e. The molecule has 0 aliphatic heterocycles. The van der Waals surface area contributed by atoms with Crippen LogP contribution >= 0.6 is 0 Å². The smallest absolute Gasteiger partial charge is 0.287 e. The summed E-state index contributed by atoms with van der Waals surface area (Å²) in [4.78, 5) is 23.2. The van der Waals surface area contributed by atoms with Crippen LogP contribution in [0.3, 0.4) is 0 Å². The molecule has 22 heavy (non-hydrogen) atoms. The van der Waals surface area contributed by atoms with Gasteiger partial charge in [0.15, 0.2) is 5.76 Å². The molecule has 0 unspecified atom stereocenters. The molecule has 2 amide bonds. The predicted octanol–water partition coefficient (Wildman–Crippen LogP) is 1.90. The van der Waals surface area contributed by atoms with Gasteiger partial charge in [0.1, 0.15) is 5.82 Å². The van der Waals surface area contributed by atoms with E-state index in [4.69, 9.17) is 4.42 Å². The number of carbonyl (C=O) groups excluding carboxylic acids is 2. The molecule has 0 aliphatic rings. The van der Waals surface area contributed by atoms with Crippen LogP contribution in [0.15, 0.2) is 47.1 Å². The van der Waals surface area contributed by atoms with Crippen molar-refractivity contribution in [3.8, 4) is 0 Å². The van der Waals surface area contributed by atoms with Crippen molar-refractivity contribution in [3.05, 3.63) is 59.8 Å². The van der Waals surface area contributed by atoms with Gasteiger partial charge in [-0.25, -0.2) is 4.39 Å². The maximum absolute atomic E-state index is 12.7. The quantitative estimate of drug-likeness (QED) is 0.767. The summed E-state index contributed by atoms with van der Waals surface area (Å²) in [6.07, 6.45) is 2.29. The zero-order valence-corrected chi connectivity index (χ0v) is 12.0. The number of rotatable bonds is 7. The highest BCUT2D eigenvalue weighted by atomic mass is 19.1. The minimum absolute atomic E-state index is 0.114. The Morgan fingerprint density at radius 3 is 2.45 bits per heavy atom. The SMILES string of the molecule is O=C(CCc1ccc(F)cc1)NCCNC(=O)c1ccco1. The Bertz CT molecular complexity index is 609. The molecule has 2 rings (SSSR count). The highest BCUT2D eigenvalue weighted by molar-refractivity contribution is 5.91. The average molecular weight is 304 g/mol. The third-order valence-electron chi connectivity index (χ3n) is 3.03. The molecule has 0 radical (unpaired) electrons. The fourth-order valence-electron chi connectivity index (χ4n) is 1.87. The maximum atomic E-state index is 12.7. The van der Waals surface area contributed by atoms with E-state index in [0.717, 1.165) is 5.56 Å². The summed E-state index contributed by atoms with van der Waals surface area (Å²) < 4.78 is 17.7. The van der Waals surface area contributed by atoms with Crippen molar-refractivity contribution in [2.24, 2.45) is 0 Å². The lowest BCUT2D eigenvalue weighted by atomic mass is 10.1. The molecule has 0 fully saturated rings. The van der Waals surface area contributed by atoms with Gasteiger partial charge in [-0.2, -0.15) is 0 Å². The molecule has 6 heteroatoms. The zero-order valence-electron chi connectivity index (χ0n) is 12.0. The Hall–Kier alpha value is -2.63. The first-order valence-corrected chi connectivity index (χ1v) is 6.98. The minimum Gasteiger partial charge on any atom is -0.459 e. The molecular formula is C16H17FN2O3. The van der Waals surface area contributed by atoms with E-state index in [1.54, 1.807) is 24.3 Å². The second-order valence-electron chi connectivity index (χ2n) is 4.71. The number of benzene rings is 1. The zero-order chi connectivity index (χ0) is 15.8. The van der Waals surface area contributed by atoms with Crippen molar-refractivity contribution in [2.45, 2.75) is 12.8 Å². The van der Waals surface area contributed by atoms with Gasteiger partial charge >= 0.3 is 0 Å². The van der Waals surface area contributed by atoms with Crippen LogP contribution in [-0.4, -0.2) is 24.9 Å². The summed E-state index contributed by atoms with van der Waals surface area (Å²) in [7, 11) is 0. The van der Waals surface area contributed by atoms with E-state index in [-0.39, 0.29) is 23.4 Å². The van der Waals surface area contributed by atoms with Crippen LogP contribution in [0.1, 0.15) is 22.5 Å². The monoisotopic (exact) mass is 304 g/mol. The number of hydrogen-bond acceptors (Lipinski definition) is 3. The largest absolute Gasteiger partial charge is 0.459 e. The van der Waals surface area contributed by atoms with E-state index in [9.17, 15) is 14.0 Å². The fourth-order valence-corrected chi connectivity index (χ4v) is 1.87. The third-order valence-corrected chi connectivity index (χ3v) is 3.03. The topological polar surface area (TPSA) is 71.3 Å². The van der Waals surface area contributed by atoms with Crippen molar-refractivity contribution in [1.29, 1.82) is 0 Å². The molecule has 0 atom stereocenters. The molecule has 0 saturated carbocycles. The van der Waals surface area contributed by atoms with Crippen molar-refractivity contribution in [3.63, 3.8) is 0 Å². The number of furan rings is 1. The number of aryl methyl sites for hydroxylation is 1. The van der Waals surface area contributed by atoms with E-state index in [2.05, 4.69) is 10.6 Å². The Morgan fingerprint density at radius 1 is 1.05 bits per heavy atom. The van der Waals surface area contributed by atoms with Crippen LogP contribution in [0.4, 0.5) is 4.39 Å². The summed E-state index contributed by atoms with van der Waals surface area (Å²) in [6.45, 7) is 0.663. The number of amides is 2. The number of carbonyl (C=O) groups is 2. The van der Waals surface area contributed by atoms with Gasteiger partial charge in [-0.05, 0) is 36.2 Å². The second kappa shape index (κ2) is 7.97. The lowest BCUT2D eigenvalue weighted by Crippen LogP contribution is -2.34. The first-order valence-electron chi connectivity index (χ1n) is 6.98. The Labute approximate surface area is 127 Å². The molecule has 5 nitrogen and oxygen atoms in total. The summed E-state index contributed by atoms with van der Waals surface area (Å²) in [6, 6.07) is 9.26. The van der Waals surface area contributed by atoms with Crippen LogP contribution in [0.25, 0.3) is 0 Å². The molecule has 0 spiro atoms. The first-order chi connectivity index (χ1) is 10.6. The Kier molecular flexibility index (Phi) is 5.71. The van der Waals surface area contributed by atoms with Crippen LogP contribution < -0.4 is 10.6 Å². The lowest BCUT2D eigenvalue weighted by Gasteiger charge is -2.06. The van der Waals surface area contributed by atoms with Gasteiger partial charge < -0.3 is 15.1 Å². The highest BCUT2D eigenvalue weighted by Crippen LogP contribution is 2.05. The van der Waals surface area contributed by atoms with Gasteiger partial charge in [0, 0.05) is 19.5 Å². The van der Waals surface area contributed by atoms with Gasteiger partial charge in [-0.15, -0.1) is 0 Å². The van der Waals surface area contributed by atoms with Gasteiger partial charge in [-0.1, -0.05) is 12.1 Å². The summed E-state index contributed by atoms with van der Waals surface area (Å²) >= 11 is 0. The summed E-state index contributed by atoms with van der Waals surface area (Å²) in [5, 5.41) is 5.34. The van der Waals surface area contributed by atoms with Crippen LogP contribution in [0, 0.1) is 5.82 Å². The Balaban J connectivity index is 1.59. The lowest BCUT2D eigenvalue weighted by molar-refractivity contribution is -0.121. The first kappa shape index (κ1) is 15.8. The van der Waals surface area contributed by atoms with Gasteiger partial charge in [0.2, 0.25) is 5.91 Å². The Morgan fingerprint density at radius 2 is 1.77 bits per heavy atom. The molecule has 2 aromatic rings. The van der Waals surface area contributed by atoms with E-state index < -0.39 is 0 Å². The second-order valence-corrected chi connectivity index (χ2v) is 4.71. The van der Waals surface area contributed by atoms with E-state index >= 15 is 0 Å². The van der Waals surface area contributed by atoms with Gasteiger partial charge in [0.05, 0.1) is 6.26 Å². The molecule has 1 aromatic heterocycles. The normalized spacial score (nSPS) is 10.2. The van der Waals surface area contributed by atoms with Crippen LogP contribution in [0.2, 0.25) is 0 Å². The molecule has 116 valence electrons. The van der Waals surface area contributed by atoms with Crippen LogP contribution in [0.5, 0.6) is 0 Å². The molecule has 2 N–H and O–H groups in total. The van der Waals surface area contributed by atoms with E-state index in [1.807, 2.05) is 0 Å². The number of nitrogens with one attached hydrogen (secondary N) is 2. The summed E-state index contributed by atoms with van der Waals surface area (Å²) in [5.41, 5.74) is 0.905. The fraction of sp³-hybridized carbons (Fsp3) is 0.250. The molecule has 0 bridgehead atoms. The molecule has 1 aromatic carbocycles. The third kappa shape index (κ3) is 5.05. The predicted molar refractivity (Wildman–Crippen MR) is 78.8 cm³/mol. The van der Waals surface area contributed by atoms with Crippen molar-refractivity contribution in [2.75, 3.05) is 13.1 Å². The van der Waals surface area contributed by atoms with Crippen molar-refractivity contribution >= 4 is 11.8 Å². The number of halogens is 1. The van der Waals surface area contributed by atoms with Crippen molar-refractivity contribution in [1.82, 2.24) is 10.6 Å². The molecule has 1 heterocycles. The standard InChI is InChI=1S/C16H17FN2O3/c17-13-6-3-12(4-7-13)5-8-15(20)18-9-10-19-16(21)14-2-1-11-22-14/h1-4,6-7,11H,5,8-10H2,(H,18,20)(H,19,21). The number of hydrogen-bond donors (Lipinski definition) is 2. The molecule has 0 saturated heterocycles. The minimum atomic E-state index is -0.314. The van der Waals surface area contributed by atoms with Crippen molar-refractivity contribution < 1.29 is 18.4 Å². The van der Waals surface area contributed by atoms with Gasteiger partial charge in [-0.3, -0.25) is 9.59 Å². The average Bonchev–Trinajstić information content (AvgIpc) is 3.05. The van der Waals surface area contributed by atoms with Gasteiger partial charge in [0.25, 0.3) is 5.91 Å². The van der Waals surface area contributed by atoms with Crippen LogP contribution in [-0.2, 0) is 11.2 Å². The highest BCUT2D eigenvalue weighted by Gasteiger charge is 2.07. The van der Waals surface area contributed by atoms with E-state index in [0.29, 0.717) is 25.9 Å². The molecular weight excluding hydrogens is 287 g/mol. The van der Waals surface area contributed by atoms with E-state index in [1.165, 1.54) is 18.4 Å².